The molecule has 1 aliphatic heterocycles. The normalized spacial score (nSPS) is 23.8. The molecule has 0 radical (unpaired) electrons. The molecular weight excluding hydrogens is 256 g/mol. The average Bonchev–Trinajstić information content (AvgIpc) is 3.19. The lowest BCUT2D eigenvalue weighted by molar-refractivity contribution is -0.126. The number of nitrogens with one attached hydrogen (secondary N) is 1. The van der Waals surface area contributed by atoms with Gasteiger partial charge in [-0.3, -0.25) is 9.69 Å². The molecule has 0 unspecified atom stereocenters. The first-order valence-corrected chi connectivity index (χ1v) is 7.50. The summed E-state index contributed by atoms with van der Waals surface area (Å²) in [6, 6.07) is 0. The second-order valence-electron chi connectivity index (χ2n) is 5.98. The minimum atomic E-state index is 0.103. The van der Waals surface area contributed by atoms with E-state index in [-0.39, 0.29) is 11.8 Å². The molecule has 0 spiro atoms. The molecule has 3 rings (SSSR count). The maximum atomic E-state index is 12.1. The van der Waals surface area contributed by atoms with Crippen LogP contribution in [0.15, 0.2) is 4.42 Å². The van der Waals surface area contributed by atoms with E-state index in [9.17, 15) is 4.79 Å². The fourth-order valence-corrected chi connectivity index (χ4v) is 2.72. The van der Waals surface area contributed by atoms with Crippen molar-refractivity contribution in [1.29, 1.82) is 0 Å². The van der Waals surface area contributed by atoms with E-state index >= 15 is 0 Å². The van der Waals surface area contributed by atoms with Crippen LogP contribution in [-0.2, 0) is 11.3 Å². The molecule has 110 valence electrons. The first-order chi connectivity index (χ1) is 9.70. The largest absolute Gasteiger partial charge is 0.424 e. The van der Waals surface area contributed by atoms with Gasteiger partial charge in [-0.05, 0) is 38.1 Å². The Balaban J connectivity index is 1.48. The molecule has 2 aliphatic rings. The van der Waals surface area contributed by atoms with Crippen molar-refractivity contribution in [2.75, 3.05) is 19.6 Å². The lowest BCUT2D eigenvalue weighted by Crippen LogP contribution is -2.43. The van der Waals surface area contributed by atoms with E-state index in [0.29, 0.717) is 18.3 Å². The van der Waals surface area contributed by atoms with Crippen LogP contribution >= 0.6 is 0 Å². The van der Waals surface area contributed by atoms with Crippen molar-refractivity contribution in [2.24, 2.45) is 11.8 Å². The topological polar surface area (TPSA) is 71.3 Å². The van der Waals surface area contributed by atoms with Crippen molar-refractivity contribution < 1.29 is 9.21 Å². The van der Waals surface area contributed by atoms with Crippen LogP contribution in [0.4, 0.5) is 0 Å². The number of amides is 1. The van der Waals surface area contributed by atoms with Crippen molar-refractivity contribution in [3.05, 3.63) is 11.8 Å². The van der Waals surface area contributed by atoms with E-state index < -0.39 is 0 Å². The number of likely N-dealkylation sites (tertiary alicyclic amines) is 1. The molecule has 2 heterocycles. The Morgan fingerprint density at radius 3 is 2.95 bits per heavy atom. The van der Waals surface area contributed by atoms with Gasteiger partial charge in [0.15, 0.2) is 0 Å². The lowest BCUT2D eigenvalue weighted by Gasteiger charge is -2.30. The van der Waals surface area contributed by atoms with Crippen LogP contribution in [0, 0.1) is 18.8 Å². The summed E-state index contributed by atoms with van der Waals surface area (Å²) in [7, 11) is 0. The van der Waals surface area contributed by atoms with E-state index in [4.69, 9.17) is 4.42 Å². The molecule has 6 nitrogen and oxygen atoms in total. The van der Waals surface area contributed by atoms with E-state index in [0.717, 1.165) is 38.4 Å². The van der Waals surface area contributed by atoms with Crippen molar-refractivity contribution in [2.45, 2.75) is 39.2 Å². The summed E-state index contributed by atoms with van der Waals surface area (Å²) in [4.78, 5) is 14.4. The first kappa shape index (κ1) is 13.5. The molecule has 0 aromatic carbocycles. The van der Waals surface area contributed by atoms with Crippen molar-refractivity contribution in [1.82, 2.24) is 20.4 Å². The summed E-state index contributed by atoms with van der Waals surface area (Å²) in [5.74, 6) is 2.28. The van der Waals surface area contributed by atoms with Gasteiger partial charge in [0.1, 0.15) is 0 Å². The number of piperidine rings is 1. The number of carbonyl (C=O) groups is 1. The van der Waals surface area contributed by atoms with Gasteiger partial charge < -0.3 is 9.73 Å². The Labute approximate surface area is 118 Å². The molecule has 1 amide bonds. The molecule has 2 fully saturated rings. The predicted molar refractivity (Wildman–Crippen MR) is 72.8 cm³/mol. The Morgan fingerprint density at radius 2 is 2.25 bits per heavy atom. The van der Waals surface area contributed by atoms with Gasteiger partial charge in [-0.1, -0.05) is 0 Å². The minimum absolute atomic E-state index is 0.103. The summed E-state index contributed by atoms with van der Waals surface area (Å²) in [5.41, 5.74) is 0. The average molecular weight is 278 g/mol. The minimum Gasteiger partial charge on any atom is -0.424 e. The summed E-state index contributed by atoms with van der Waals surface area (Å²) >= 11 is 0. The number of nitrogens with zero attached hydrogens (tertiary/aromatic N) is 3. The molecule has 1 N–H and O–H groups in total. The number of aromatic nitrogens is 2. The van der Waals surface area contributed by atoms with Crippen LogP contribution in [-0.4, -0.2) is 40.6 Å². The summed E-state index contributed by atoms with van der Waals surface area (Å²) < 4.78 is 5.40. The van der Waals surface area contributed by atoms with Crippen molar-refractivity contribution >= 4 is 5.91 Å². The predicted octanol–water partition coefficient (Wildman–Crippen LogP) is 1.12. The Kier molecular flexibility index (Phi) is 4.00. The molecule has 1 saturated carbocycles. The fourth-order valence-electron chi connectivity index (χ4n) is 2.72. The first-order valence-electron chi connectivity index (χ1n) is 7.50. The number of hydrogen-bond donors (Lipinski definition) is 1. The van der Waals surface area contributed by atoms with Crippen LogP contribution in [0.25, 0.3) is 0 Å². The van der Waals surface area contributed by atoms with Gasteiger partial charge in [0, 0.05) is 20.0 Å². The highest BCUT2D eigenvalue weighted by atomic mass is 16.4. The molecule has 1 aromatic rings. The zero-order chi connectivity index (χ0) is 13.9. The summed E-state index contributed by atoms with van der Waals surface area (Å²) in [6.45, 7) is 5.08. The van der Waals surface area contributed by atoms with Gasteiger partial charge in [0.25, 0.3) is 0 Å². The van der Waals surface area contributed by atoms with Gasteiger partial charge in [-0.15, -0.1) is 10.2 Å². The van der Waals surface area contributed by atoms with Crippen LogP contribution in [0.5, 0.6) is 0 Å². The molecular formula is C14H22N4O2. The smallest absolute Gasteiger partial charge is 0.230 e. The number of carbonyl (C=O) groups excluding carboxylic acids is 1. The highest BCUT2D eigenvalue weighted by molar-refractivity contribution is 5.79. The van der Waals surface area contributed by atoms with Crippen LogP contribution in [0.1, 0.15) is 37.5 Å². The zero-order valence-corrected chi connectivity index (χ0v) is 12.0. The third kappa shape index (κ3) is 3.56. The number of hydrogen-bond acceptors (Lipinski definition) is 5. The van der Waals surface area contributed by atoms with Crippen molar-refractivity contribution in [3.63, 3.8) is 0 Å². The van der Waals surface area contributed by atoms with Crippen LogP contribution in [0.2, 0.25) is 0 Å². The van der Waals surface area contributed by atoms with Crippen molar-refractivity contribution in [3.8, 4) is 0 Å². The molecule has 1 atom stereocenters. The second-order valence-corrected chi connectivity index (χ2v) is 5.98. The Bertz CT molecular complexity index is 469. The lowest BCUT2D eigenvalue weighted by atomic mass is 9.97. The van der Waals surface area contributed by atoms with E-state index in [1.165, 1.54) is 12.8 Å². The van der Waals surface area contributed by atoms with Gasteiger partial charge in [0.2, 0.25) is 17.7 Å². The summed E-state index contributed by atoms with van der Waals surface area (Å²) in [6.07, 6.45) is 4.58. The highest BCUT2D eigenvalue weighted by Gasteiger charge is 2.28. The van der Waals surface area contributed by atoms with Gasteiger partial charge >= 0.3 is 0 Å². The maximum Gasteiger partial charge on any atom is 0.230 e. The Morgan fingerprint density at radius 1 is 1.40 bits per heavy atom. The number of aryl methyl sites for hydroxylation is 1. The molecule has 1 saturated heterocycles. The third-order valence-corrected chi connectivity index (χ3v) is 4.06. The third-order valence-electron chi connectivity index (χ3n) is 4.06. The van der Waals surface area contributed by atoms with Crippen LogP contribution in [0.3, 0.4) is 0 Å². The van der Waals surface area contributed by atoms with Gasteiger partial charge in [-0.2, -0.15) is 0 Å². The molecule has 0 bridgehead atoms. The second kappa shape index (κ2) is 5.91. The summed E-state index contributed by atoms with van der Waals surface area (Å²) in [5, 5.41) is 10.9. The van der Waals surface area contributed by atoms with Gasteiger partial charge in [-0.25, -0.2) is 0 Å². The van der Waals surface area contributed by atoms with Crippen LogP contribution < -0.4 is 5.32 Å². The highest BCUT2D eigenvalue weighted by Crippen LogP contribution is 2.28. The zero-order valence-electron chi connectivity index (χ0n) is 12.0. The Hall–Kier alpha value is -1.43. The van der Waals surface area contributed by atoms with E-state index in [2.05, 4.69) is 20.4 Å². The maximum absolute atomic E-state index is 12.1. The molecule has 1 aliphatic carbocycles. The SMILES string of the molecule is Cc1nnc(CN2CCC[C@@H](C(=O)NCC3CC3)C2)o1. The van der Waals surface area contributed by atoms with Gasteiger partial charge in [0.05, 0.1) is 12.5 Å². The molecule has 1 aromatic heterocycles. The standard InChI is InChI=1S/C14H22N4O2/c1-10-16-17-13(20-10)9-18-6-2-3-12(8-18)14(19)15-7-11-4-5-11/h11-12H,2-9H2,1H3,(H,15,19)/t12-/m1/s1. The molecule has 20 heavy (non-hydrogen) atoms. The number of rotatable bonds is 5. The van der Waals surface area contributed by atoms with E-state index in [1.54, 1.807) is 6.92 Å². The monoisotopic (exact) mass is 278 g/mol. The fraction of sp³-hybridized carbons (Fsp3) is 0.786. The quantitative estimate of drug-likeness (QED) is 0.874. The molecule has 6 heteroatoms. The van der Waals surface area contributed by atoms with E-state index in [1.807, 2.05) is 0 Å².